The van der Waals surface area contributed by atoms with Gasteiger partial charge in [0.15, 0.2) is 0 Å². The third-order valence-corrected chi connectivity index (χ3v) is 3.08. The minimum absolute atomic E-state index is 0.143. The summed E-state index contributed by atoms with van der Waals surface area (Å²) < 4.78 is 5.26. The van der Waals surface area contributed by atoms with E-state index < -0.39 is 11.9 Å². The van der Waals surface area contributed by atoms with Gasteiger partial charge < -0.3 is 9.84 Å². The number of allylic oxidation sites excluding steroid dienone is 3. The molecule has 0 radical (unpaired) electrons. The second-order valence-electron chi connectivity index (χ2n) is 4.80. The van der Waals surface area contributed by atoms with Gasteiger partial charge in [-0.3, -0.25) is 0 Å². The SMILES string of the molecule is CCCCC(CC)COC(=O)C(C=CC#N)=CC=CC(=O)O. The Hall–Kier alpha value is -2.35. The number of carboxylic acids is 1. The summed E-state index contributed by atoms with van der Waals surface area (Å²) in [5, 5.41) is 17.1. The van der Waals surface area contributed by atoms with Crippen LogP contribution in [0.4, 0.5) is 0 Å². The number of nitrogens with zero attached hydrogens (tertiary/aromatic N) is 1. The predicted octanol–water partition coefficient (Wildman–Crippen LogP) is 3.39. The number of nitriles is 1. The van der Waals surface area contributed by atoms with E-state index >= 15 is 0 Å². The highest BCUT2D eigenvalue weighted by Gasteiger charge is 2.12. The van der Waals surface area contributed by atoms with E-state index in [2.05, 4.69) is 13.8 Å². The first-order valence-electron chi connectivity index (χ1n) is 7.39. The van der Waals surface area contributed by atoms with E-state index in [-0.39, 0.29) is 5.57 Å². The summed E-state index contributed by atoms with van der Waals surface area (Å²) >= 11 is 0. The number of ether oxygens (including phenoxy) is 1. The highest BCUT2D eigenvalue weighted by Crippen LogP contribution is 2.14. The van der Waals surface area contributed by atoms with Crippen LogP contribution < -0.4 is 0 Å². The average molecular weight is 305 g/mol. The molecule has 0 saturated heterocycles. The highest BCUT2D eigenvalue weighted by molar-refractivity contribution is 5.92. The lowest BCUT2D eigenvalue weighted by atomic mass is 10.0. The molecule has 1 N–H and O–H groups in total. The van der Waals surface area contributed by atoms with E-state index in [0.29, 0.717) is 12.5 Å². The minimum Gasteiger partial charge on any atom is -0.478 e. The molecule has 0 fully saturated rings. The number of esters is 1. The van der Waals surface area contributed by atoms with Crippen LogP contribution in [0, 0.1) is 17.2 Å². The van der Waals surface area contributed by atoms with E-state index in [4.69, 9.17) is 15.1 Å². The van der Waals surface area contributed by atoms with Gasteiger partial charge in [-0.15, -0.1) is 0 Å². The molecule has 120 valence electrons. The topological polar surface area (TPSA) is 87.4 Å². The molecule has 0 spiro atoms. The average Bonchev–Trinajstić information content (AvgIpc) is 2.50. The molecule has 5 nitrogen and oxygen atoms in total. The molecule has 22 heavy (non-hydrogen) atoms. The number of aliphatic carboxylic acids is 1. The van der Waals surface area contributed by atoms with Crippen molar-refractivity contribution in [2.45, 2.75) is 39.5 Å². The molecule has 0 aliphatic rings. The third kappa shape index (κ3) is 9.54. The van der Waals surface area contributed by atoms with E-state index in [1.54, 1.807) is 6.07 Å². The van der Waals surface area contributed by atoms with Crippen molar-refractivity contribution in [3.05, 3.63) is 36.0 Å². The molecule has 0 heterocycles. The summed E-state index contributed by atoms with van der Waals surface area (Å²) in [4.78, 5) is 22.4. The molecule has 0 bridgehead atoms. The smallest absolute Gasteiger partial charge is 0.338 e. The van der Waals surface area contributed by atoms with Gasteiger partial charge >= 0.3 is 11.9 Å². The molecule has 5 heteroatoms. The zero-order chi connectivity index (χ0) is 16.8. The van der Waals surface area contributed by atoms with Gasteiger partial charge in [-0.1, -0.05) is 39.2 Å². The van der Waals surface area contributed by atoms with Crippen molar-refractivity contribution < 1.29 is 19.4 Å². The summed E-state index contributed by atoms with van der Waals surface area (Å²) in [6, 6.07) is 1.79. The fourth-order valence-electron chi connectivity index (χ4n) is 1.73. The zero-order valence-corrected chi connectivity index (χ0v) is 13.1. The Morgan fingerprint density at radius 2 is 2.05 bits per heavy atom. The maximum atomic E-state index is 12.0. The van der Waals surface area contributed by atoms with E-state index in [0.717, 1.165) is 37.8 Å². The maximum absolute atomic E-state index is 12.0. The number of hydrogen-bond acceptors (Lipinski definition) is 4. The first-order chi connectivity index (χ1) is 10.5. The van der Waals surface area contributed by atoms with E-state index in [1.807, 2.05) is 0 Å². The van der Waals surface area contributed by atoms with Gasteiger partial charge in [0.2, 0.25) is 0 Å². The number of carbonyl (C=O) groups excluding carboxylic acids is 1. The monoisotopic (exact) mass is 305 g/mol. The molecular weight excluding hydrogens is 282 g/mol. The van der Waals surface area contributed by atoms with Gasteiger partial charge in [0.1, 0.15) is 0 Å². The summed E-state index contributed by atoms with van der Waals surface area (Å²) in [5.41, 5.74) is 0.143. The summed E-state index contributed by atoms with van der Waals surface area (Å²) in [6.45, 7) is 4.49. The van der Waals surface area contributed by atoms with Crippen LogP contribution in [0.3, 0.4) is 0 Å². The van der Waals surface area contributed by atoms with Crippen LogP contribution in [0.1, 0.15) is 39.5 Å². The molecule has 0 amide bonds. The Bertz CT molecular complexity index is 483. The van der Waals surface area contributed by atoms with Gasteiger partial charge in [0.25, 0.3) is 0 Å². The van der Waals surface area contributed by atoms with Gasteiger partial charge in [0, 0.05) is 12.2 Å². The Balaban J connectivity index is 4.73. The number of rotatable bonds is 10. The second kappa shape index (κ2) is 12.4. The molecule has 1 unspecified atom stereocenters. The fourth-order valence-corrected chi connectivity index (χ4v) is 1.73. The Morgan fingerprint density at radius 3 is 2.59 bits per heavy atom. The quantitative estimate of drug-likeness (QED) is 0.289. The summed E-state index contributed by atoms with van der Waals surface area (Å²) in [6.07, 6.45) is 10.0. The normalized spacial score (nSPS) is 13.2. The van der Waals surface area contributed by atoms with Gasteiger partial charge in [-0.05, 0) is 24.5 Å². The summed E-state index contributed by atoms with van der Waals surface area (Å²) in [5.74, 6) is -1.35. The summed E-state index contributed by atoms with van der Waals surface area (Å²) in [7, 11) is 0. The molecular formula is C17H23NO4. The van der Waals surface area contributed by atoms with Crippen molar-refractivity contribution in [1.82, 2.24) is 0 Å². The van der Waals surface area contributed by atoms with Crippen molar-refractivity contribution in [2.75, 3.05) is 6.61 Å². The van der Waals surface area contributed by atoms with E-state index in [9.17, 15) is 9.59 Å². The van der Waals surface area contributed by atoms with Crippen molar-refractivity contribution in [2.24, 2.45) is 5.92 Å². The number of carbonyl (C=O) groups is 2. The standard InChI is InChI=1S/C17H23NO4/c1-3-5-8-14(4-2)13-22-17(21)15(10-7-12-18)9-6-11-16(19)20/h6-7,9-11,14H,3-5,8,13H2,1-2H3,(H,19,20). The number of carboxylic acid groups (broad SMARTS) is 1. The van der Waals surface area contributed by atoms with Crippen LogP contribution in [-0.4, -0.2) is 23.7 Å². The fraction of sp³-hybridized carbons (Fsp3) is 0.471. The molecule has 0 aromatic carbocycles. The Kier molecular flexibility index (Phi) is 11.1. The Morgan fingerprint density at radius 1 is 1.32 bits per heavy atom. The molecule has 0 aliphatic heterocycles. The zero-order valence-electron chi connectivity index (χ0n) is 13.1. The van der Waals surface area contributed by atoms with Crippen LogP contribution in [-0.2, 0) is 14.3 Å². The lowest BCUT2D eigenvalue weighted by molar-refractivity contribution is -0.140. The molecule has 0 rings (SSSR count). The minimum atomic E-state index is -1.11. The van der Waals surface area contributed by atoms with Crippen molar-refractivity contribution in [3.8, 4) is 6.07 Å². The largest absolute Gasteiger partial charge is 0.478 e. The number of unbranched alkanes of at least 4 members (excludes halogenated alkanes) is 1. The molecule has 0 aromatic heterocycles. The van der Waals surface area contributed by atoms with Crippen LogP contribution in [0.25, 0.3) is 0 Å². The van der Waals surface area contributed by atoms with Gasteiger partial charge in [0.05, 0.1) is 18.2 Å². The molecule has 0 aliphatic carbocycles. The third-order valence-electron chi connectivity index (χ3n) is 3.08. The van der Waals surface area contributed by atoms with Crippen molar-refractivity contribution in [3.63, 3.8) is 0 Å². The van der Waals surface area contributed by atoms with Crippen molar-refractivity contribution >= 4 is 11.9 Å². The highest BCUT2D eigenvalue weighted by atomic mass is 16.5. The van der Waals surface area contributed by atoms with Crippen LogP contribution in [0.5, 0.6) is 0 Å². The Labute approximate surface area is 131 Å². The van der Waals surface area contributed by atoms with E-state index in [1.165, 1.54) is 18.2 Å². The van der Waals surface area contributed by atoms with Crippen LogP contribution in [0.15, 0.2) is 36.0 Å². The number of hydrogen-bond donors (Lipinski definition) is 1. The van der Waals surface area contributed by atoms with Crippen LogP contribution in [0.2, 0.25) is 0 Å². The van der Waals surface area contributed by atoms with Crippen LogP contribution >= 0.6 is 0 Å². The molecule has 0 saturated carbocycles. The van der Waals surface area contributed by atoms with Gasteiger partial charge in [-0.25, -0.2) is 9.59 Å². The second-order valence-corrected chi connectivity index (χ2v) is 4.80. The predicted molar refractivity (Wildman–Crippen MR) is 83.9 cm³/mol. The first-order valence-corrected chi connectivity index (χ1v) is 7.39. The lowest BCUT2D eigenvalue weighted by Crippen LogP contribution is -2.14. The first kappa shape index (κ1) is 19.7. The maximum Gasteiger partial charge on any atom is 0.338 e. The molecule has 1 atom stereocenters. The molecule has 0 aromatic rings. The lowest BCUT2D eigenvalue weighted by Gasteiger charge is -2.14. The van der Waals surface area contributed by atoms with Crippen molar-refractivity contribution in [1.29, 1.82) is 5.26 Å². The van der Waals surface area contributed by atoms with Gasteiger partial charge in [-0.2, -0.15) is 5.26 Å².